The van der Waals surface area contributed by atoms with Gasteiger partial charge in [0.05, 0.1) is 0 Å². The zero-order chi connectivity index (χ0) is 5.15. The summed E-state index contributed by atoms with van der Waals surface area (Å²) in [5.41, 5.74) is 0. The summed E-state index contributed by atoms with van der Waals surface area (Å²) in [5.74, 6) is 4.72. The lowest BCUT2D eigenvalue weighted by Gasteiger charge is -1.97. The van der Waals surface area contributed by atoms with Gasteiger partial charge in [0.25, 0.3) is 0 Å². The fourth-order valence-electron chi connectivity index (χ4n) is 0. The minimum atomic E-state index is -2.01. The maximum absolute atomic E-state index is 9.61. The Morgan fingerprint density at radius 2 is 2.17 bits per heavy atom. The molecule has 0 aromatic heterocycles. The van der Waals surface area contributed by atoms with Crippen molar-refractivity contribution >= 4 is 11.3 Å². The minimum absolute atomic E-state index is 0.694. The zero-order valence-corrected chi connectivity index (χ0v) is 4.10. The highest BCUT2D eigenvalue weighted by atomic mass is 32.2. The van der Waals surface area contributed by atoms with Crippen LogP contribution in [0.2, 0.25) is 0 Å². The van der Waals surface area contributed by atoms with E-state index in [0.717, 1.165) is 0 Å². The first kappa shape index (κ1) is 6.03. The molecule has 0 aliphatic heterocycles. The van der Waals surface area contributed by atoms with Crippen molar-refractivity contribution < 1.29 is 8.76 Å². The number of nitrogens with two attached hydrogens (primary N) is 1. The van der Waals surface area contributed by atoms with Crippen molar-refractivity contribution in [1.82, 2.24) is 4.41 Å². The Kier molecular flexibility index (Phi) is 2.26. The molecule has 38 valence electrons. The number of hydrogen-bond donors (Lipinski definition) is 2. The first-order valence-corrected chi connectivity index (χ1v) is 2.30. The third-order valence-corrected chi connectivity index (χ3v) is 0.739. The van der Waals surface area contributed by atoms with Crippen molar-refractivity contribution in [1.29, 1.82) is 0 Å². The van der Waals surface area contributed by atoms with Gasteiger partial charge in [-0.1, -0.05) is 0 Å². The van der Waals surface area contributed by atoms with Crippen LogP contribution in [0.3, 0.4) is 0 Å². The summed E-state index contributed by atoms with van der Waals surface area (Å²) < 4.78 is 18.2. The molecule has 0 amide bonds. The lowest BCUT2D eigenvalue weighted by molar-refractivity contribution is 0.461. The van der Waals surface area contributed by atoms with Gasteiger partial charge in [0, 0.05) is 7.05 Å². The van der Waals surface area contributed by atoms with Crippen molar-refractivity contribution in [3.8, 4) is 0 Å². The first-order chi connectivity index (χ1) is 2.64. The van der Waals surface area contributed by atoms with Gasteiger partial charge in [0.2, 0.25) is 11.3 Å². The second-order valence-electron chi connectivity index (χ2n) is 0.777. The molecule has 0 bridgehead atoms. The van der Waals surface area contributed by atoms with Gasteiger partial charge in [0.15, 0.2) is 0 Å². The highest BCUT2D eigenvalue weighted by Crippen LogP contribution is 1.68. The molecule has 1 unspecified atom stereocenters. The van der Waals surface area contributed by atoms with Crippen molar-refractivity contribution in [2.45, 2.75) is 0 Å². The standard InChI is InChI=1S/CH6N2O2S/c1-3(2)6(4)5/h2H2,1H3,(H,4,5). The normalized spacial score (nSPS) is 15.3. The fraction of sp³-hybridized carbons (Fsp3) is 1.00. The number of rotatable bonds is 1. The molecule has 0 saturated carbocycles. The molecule has 4 nitrogen and oxygen atoms in total. The molecule has 0 aromatic carbocycles. The predicted octanol–water partition coefficient (Wildman–Crippen LogP) is -1.07. The van der Waals surface area contributed by atoms with Crippen LogP contribution >= 0.6 is 0 Å². The van der Waals surface area contributed by atoms with E-state index in [2.05, 4.69) is 0 Å². The van der Waals surface area contributed by atoms with Gasteiger partial charge >= 0.3 is 0 Å². The van der Waals surface area contributed by atoms with Crippen molar-refractivity contribution in [2.24, 2.45) is 5.84 Å². The van der Waals surface area contributed by atoms with E-state index < -0.39 is 11.3 Å². The molecule has 6 heavy (non-hydrogen) atoms. The van der Waals surface area contributed by atoms with Crippen LogP contribution in [-0.2, 0) is 11.3 Å². The van der Waals surface area contributed by atoms with Crippen LogP contribution in [0.25, 0.3) is 0 Å². The second-order valence-corrected chi connectivity index (χ2v) is 1.81. The van der Waals surface area contributed by atoms with E-state index in [0.29, 0.717) is 4.41 Å². The molecule has 1 atom stereocenters. The predicted molar refractivity (Wildman–Crippen MR) is 22.7 cm³/mol. The molecule has 5 heteroatoms. The van der Waals surface area contributed by atoms with E-state index in [9.17, 15) is 4.21 Å². The van der Waals surface area contributed by atoms with Gasteiger partial charge in [-0.2, -0.15) is 0 Å². The lowest BCUT2D eigenvalue weighted by Crippen LogP contribution is -2.27. The van der Waals surface area contributed by atoms with Gasteiger partial charge < -0.3 is 0 Å². The Bertz CT molecular complexity index is 62.6. The Balaban J connectivity index is 3.26. The van der Waals surface area contributed by atoms with Gasteiger partial charge in [-0.05, 0) is 0 Å². The maximum atomic E-state index is 9.61. The topological polar surface area (TPSA) is 66.6 Å². The van der Waals surface area contributed by atoms with Gasteiger partial charge in [-0.3, -0.25) is 10.4 Å². The van der Waals surface area contributed by atoms with E-state index in [1.54, 1.807) is 0 Å². The smallest absolute Gasteiger partial charge is 0.248 e. The largest absolute Gasteiger partial charge is 0.293 e. The van der Waals surface area contributed by atoms with Gasteiger partial charge in [0.1, 0.15) is 0 Å². The van der Waals surface area contributed by atoms with Gasteiger partial charge in [-0.25, -0.2) is 4.21 Å². The number of nitrogens with zero attached hydrogens (tertiary/aromatic N) is 1. The monoisotopic (exact) mass is 110 g/mol. The molecule has 3 N–H and O–H groups in total. The van der Waals surface area contributed by atoms with E-state index in [1.807, 2.05) is 0 Å². The van der Waals surface area contributed by atoms with E-state index in [1.165, 1.54) is 7.05 Å². The third kappa shape index (κ3) is 2.28. The molecule has 0 fully saturated rings. The highest BCUT2D eigenvalue weighted by Gasteiger charge is 1.90. The zero-order valence-electron chi connectivity index (χ0n) is 3.29. The van der Waals surface area contributed by atoms with Crippen LogP contribution in [-0.4, -0.2) is 20.2 Å². The Morgan fingerprint density at radius 1 is 2.00 bits per heavy atom. The third-order valence-electron chi connectivity index (χ3n) is 0.246. The molecule has 0 rings (SSSR count). The molecule has 0 saturated heterocycles. The van der Waals surface area contributed by atoms with E-state index in [-0.39, 0.29) is 0 Å². The van der Waals surface area contributed by atoms with Crippen LogP contribution in [0.1, 0.15) is 0 Å². The highest BCUT2D eigenvalue weighted by molar-refractivity contribution is 7.76. The SMILES string of the molecule is CN(N)S(=O)O. The summed E-state index contributed by atoms with van der Waals surface area (Å²) in [6.07, 6.45) is 0. The molecular formula is CH6N2O2S. The minimum Gasteiger partial charge on any atom is -0.293 e. The van der Waals surface area contributed by atoms with E-state index in [4.69, 9.17) is 10.4 Å². The summed E-state index contributed by atoms with van der Waals surface area (Å²) in [4.78, 5) is 0. The van der Waals surface area contributed by atoms with Crippen LogP contribution in [0.5, 0.6) is 0 Å². The molecule has 0 spiro atoms. The average molecular weight is 110 g/mol. The van der Waals surface area contributed by atoms with Crippen LogP contribution in [0.15, 0.2) is 0 Å². The lowest BCUT2D eigenvalue weighted by atomic mass is 11.5. The Hall–Kier alpha value is 0.0300. The molecule has 0 aromatic rings. The van der Waals surface area contributed by atoms with E-state index >= 15 is 0 Å². The maximum Gasteiger partial charge on any atom is 0.248 e. The molecule has 0 aliphatic rings. The number of hydrogen-bond acceptors (Lipinski definition) is 2. The second kappa shape index (κ2) is 2.25. The summed E-state index contributed by atoms with van der Waals surface area (Å²) in [5, 5.41) is 0. The number of hydrazine groups is 1. The molecule has 0 radical (unpaired) electrons. The van der Waals surface area contributed by atoms with Crippen molar-refractivity contribution in [2.75, 3.05) is 7.05 Å². The Morgan fingerprint density at radius 3 is 2.17 bits per heavy atom. The molecular weight excluding hydrogens is 104 g/mol. The van der Waals surface area contributed by atoms with Crippen LogP contribution in [0.4, 0.5) is 0 Å². The first-order valence-electron chi connectivity index (χ1n) is 1.24. The van der Waals surface area contributed by atoms with Crippen molar-refractivity contribution in [3.63, 3.8) is 0 Å². The summed E-state index contributed by atoms with van der Waals surface area (Å²) in [6, 6.07) is 0. The molecule has 0 aliphatic carbocycles. The summed E-state index contributed by atoms with van der Waals surface area (Å²) in [6.45, 7) is 0. The average Bonchev–Trinajstić information content (AvgIpc) is 1.36. The van der Waals surface area contributed by atoms with Crippen LogP contribution < -0.4 is 5.84 Å². The van der Waals surface area contributed by atoms with Crippen LogP contribution in [0, 0.1) is 0 Å². The summed E-state index contributed by atoms with van der Waals surface area (Å²) >= 11 is -2.01. The molecule has 0 heterocycles. The Labute approximate surface area is 38.3 Å². The quantitative estimate of drug-likeness (QED) is 0.256. The van der Waals surface area contributed by atoms with Crippen molar-refractivity contribution in [3.05, 3.63) is 0 Å². The summed E-state index contributed by atoms with van der Waals surface area (Å²) in [7, 11) is 1.30. The van der Waals surface area contributed by atoms with Gasteiger partial charge in [-0.15, -0.1) is 4.41 Å². The fourth-order valence-corrected chi connectivity index (χ4v) is 0.